The molecule has 0 bridgehead atoms. The smallest absolute Gasteiger partial charge is 0.373 e. The Balaban J connectivity index is 1.66. The number of fused-ring (bicyclic) bond motifs is 1. The lowest BCUT2D eigenvalue weighted by molar-refractivity contribution is 0.0563. The van der Waals surface area contributed by atoms with Crippen molar-refractivity contribution in [1.29, 1.82) is 0 Å². The minimum absolute atomic E-state index is 0.206. The molecular weight excluding hydrogens is 392 g/mol. The first-order valence-corrected chi connectivity index (χ1v) is 10.5. The second-order valence-corrected chi connectivity index (χ2v) is 8.18. The number of benzene rings is 1. The van der Waals surface area contributed by atoms with Gasteiger partial charge in [0.1, 0.15) is 21.9 Å². The topological polar surface area (TPSA) is 65.2 Å². The molecule has 4 aromatic rings. The van der Waals surface area contributed by atoms with Crippen LogP contribution < -0.4 is 0 Å². The molecule has 0 amide bonds. The molecule has 0 atom stereocenters. The van der Waals surface area contributed by atoms with Crippen molar-refractivity contribution in [1.82, 2.24) is 9.97 Å². The average Bonchev–Trinajstić information content (AvgIpc) is 3.35. The Kier molecular flexibility index (Phi) is 5.19. The van der Waals surface area contributed by atoms with Crippen LogP contribution in [0.2, 0.25) is 0 Å². The minimum Gasteiger partial charge on any atom is -0.463 e. The highest BCUT2D eigenvalue weighted by atomic mass is 32.2. The van der Waals surface area contributed by atoms with E-state index in [1.165, 1.54) is 18.2 Å². The van der Waals surface area contributed by atoms with E-state index < -0.39 is 5.97 Å². The molecule has 0 saturated carbocycles. The molecule has 7 heteroatoms. The van der Waals surface area contributed by atoms with E-state index in [0.29, 0.717) is 11.5 Å². The summed E-state index contributed by atoms with van der Waals surface area (Å²) in [5.74, 6) is 0.985. The Bertz CT molecular complexity index is 1160. The normalized spacial score (nSPS) is 11.1. The molecule has 0 radical (unpaired) electrons. The number of esters is 1. The number of aryl methyl sites for hydroxylation is 2. The number of furan rings is 1. The summed E-state index contributed by atoms with van der Waals surface area (Å²) in [5, 5.41) is 4.09. The number of methoxy groups -OCH3 is 1. The van der Waals surface area contributed by atoms with Crippen LogP contribution in [0, 0.1) is 13.8 Å². The number of carbonyl (C=O) groups excluding carboxylic acids is 1. The highest BCUT2D eigenvalue weighted by Gasteiger charge is 2.16. The van der Waals surface area contributed by atoms with Gasteiger partial charge in [0.2, 0.25) is 5.76 Å². The lowest BCUT2D eigenvalue weighted by Crippen LogP contribution is -1.98. The zero-order valence-corrected chi connectivity index (χ0v) is 17.3. The third kappa shape index (κ3) is 3.55. The summed E-state index contributed by atoms with van der Waals surface area (Å²) in [6.45, 7) is 4.23. The van der Waals surface area contributed by atoms with Crippen LogP contribution in [0.5, 0.6) is 0 Å². The summed E-state index contributed by atoms with van der Waals surface area (Å²) in [4.78, 5) is 21.4. The molecule has 0 aliphatic carbocycles. The molecule has 28 heavy (non-hydrogen) atoms. The Labute approximate surface area is 170 Å². The highest BCUT2D eigenvalue weighted by Crippen LogP contribution is 2.39. The van der Waals surface area contributed by atoms with Crippen LogP contribution in [0.3, 0.4) is 0 Å². The maximum atomic E-state index is 11.6. The fourth-order valence-electron chi connectivity index (χ4n) is 2.88. The van der Waals surface area contributed by atoms with Gasteiger partial charge in [-0.2, -0.15) is 0 Å². The van der Waals surface area contributed by atoms with Crippen molar-refractivity contribution in [3.05, 3.63) is 64.7 Å². The molecule has 4 rings (SSSR count). The first kappa shape index (κ1) is 18.7. The number of ether oxygens (including phenoxy) is 1. The molecule has 0 saturated heterocycles. The molecule has 1 aromatic carbocycles. The summed E-state index contributed by atoms with van der Waals surface area (Å²) >= 11 is 3.18. The third-order valence-electron chi connectivity index (χ3n) is 4.55. The summed E-state index contributed by atoms with van der Waals surface area (Å²) in [5.41, 5.74) is 4.83. The van der Waals surface area contributed by atoms with Crippen molar-refractivity contribution in [3.8, 4) is 11.1 Å². The largest absolute Gasteiger partial charge is 0.463 e. The lowest BCUT2D eigenvalue weighted by atomic mass is 10.0. The van der Waals surface area contributed by atoms with Crippen molar-refractivity contribution < 1.29 is 13.9 Å². The molecule has 5 nitrogen and oxygen atoms in total. The van der Waals surface area contributed by atoms with Gasteiger partial charge in [-0.25, -0.2) is 14.8 Å². The van der Waals surface area contributed by atoms with Gasteiger partial charge in [0, 0.05) is 10.9 Å². The zero-order chi connectivity index (χ0) is 19.7. The summed E-state index contributed by atoms with van der Waals surface area (Å²) in [6.07, 6.45) is 1.59. The fraction of sp³-hybridized carbons (Fsp3) is 0.190. The molecule has 0 aliphatic rings. The Morgan fingerprint density at radius 2 is 2.04 bits per heavy atom. The van der Waals surface area contributed by atoms with Gasteiger partial charge in [0.05, 0.1) is 18.2 Å². The summed E-state index contributed by atoms with van der Waals surface area (Å²) < 4.78 is 10.2. The van der Waals surface area contributed by atoms with E-state index in [-0.39, 0.29) is 5.76 Å². The van der Waals surface area contributed by atoms with Crippen LogP contribution in [-0.4, -0.2) is 23.0 Å². The predicted molar refractivity (Wildman–Crippen MR) is 112 cm³/mol. The second kappa shape index (κ2) is 7.77. The van der Waals surface area contributed by atoms with Gasteiger partial charge in [-0.15, -0.1) is 11.3 Å². The SMILES string of the molecule is COC(=O)c1ccc(CSc2ncnc3scc(-c4ccc(C)c(C)c4)c23)o1. The number of nitrogens with zero attached hydrogens (tertiary/aromatic N) is 2. The lowest BCUT2D eigenvalue weighted by Gasteiger charge is -2.07. The maximum absolute atomic E-state index is 11.6. The molecule has 3 heterocycles. The quantitative estimate of drug-likeness (QED) is 0.241. The maximum Gasteiger partial charge on any atom is 0.373 e. The van der Waals surface area contributed by atoms with Gasteiger partial charge in [-0.3, -0.25) is 0 Å². The summed E-state index contributed by atoms with van der Waals surface area (Å²) in [7, 11) is 1.34. The van der Waals surface area contributed by atoms with Gasteiger partial charge in [-0.1, -0.05) is 30.0 Å². The number of rotatable bonds is 5. The van der Waals surface area contributed by atoms with Crippen molar-refractivity contribution >= 4 is 39.3 Å². The van der Waals surface area contributed by atoms with Crippen LogP contribution in [-0.2, 0) is 10.5 Å². The molecule has 3 aromatic heterocycles. The van der Waals surface area contributed by atoms with Crippen LogP contribution in [0.1, 0.15) is 27.4 Å². The number of carbonyl (C=O) groups is 1. The first-order chi connectivity index (χ1) is 13.6. The number of hydrogen-bond donors (Lipinski definition) is 0. The van der Waals surface area contributed by atoms with Gasteiger partial charge in [-0.05, 0) is 42.7 Å². The zero-order valence-electron chi connectivity index (χ0n) is 15.7. The first-order valence-electron chi connectivity index (χ1n) is 8.66. The van der Waals surface area contributed by atoms with Crippen molar-refractivity contribution in [2.75, 3.05) is 7.11 Å². The molecule has 142 valence electrons. The van der Waals surface area contributed by atoms with E-state index in [9.17, 15) is 4.79 Å². The van der Waals surface area contributed by atoms with Crippen molar-refractivity contribution in [2.24, 2.45) is 0 Å². The van der Waals surface area contributed by atoms with Gasteiger partial charge in [0.15, 0.2) is 0 Å². The number of hydrogen-bond acceptors (Lipinski definition) is 7. The average molecular weight is 411 g/mol. The monoisotopic (exact) mass is 410 g/mol. The molecular formula is C21H18N2O3S2. The van der Waals surface area contributed by atoms with E-state index in [0.717, 1.165) is 26.4 Å². The molecule has 0 aliphatic heterocycles. The predicted octanol–water partition coefficient (Wildman–Crippen LogP) is 5.65. The van der Waals surface area contributed by atoms with Crippen LogP contribution in [0.15, 0.2) is 51.5 Å². The van der Waals surface area contributed by atoms with E-state index in [2.05, 4.69) is 52.1 Å². The standard InChI is InChI=1S/C21H18N2O3S2/c1-12-4-5-14(8-13(12)2)16-10-28-20-18(16)19(22-11-23-20)27-9-15-6-7-17(26-15)21(24)25-3/h4-8,10-11H,9H2,1-3H3. The third-order valence-corrected chi connectivity index (χ3v) is 6.45. The highest BCUT2D eigenvalue weighted by molar-refractivity contribution is 7.98. The van der Waals surface area contributed by atoms with Crippen LogP contribution in [0.25, 0.3) is 21.3 Å². The van der Waals surface area contributed by atoms with E-state index in [1.54, 1.807) is 41.6 Å². The van der Waals surface area contributed by atoms with Gasteiger partial charge < -0.3 is 9.15 Å². The molecule has 0 spiro atoms. The van der Waals surface area contributed by atoms with Gasteiger partial charge >= 0.3 is 5.97 Å². The molecule has 0 unspecified atom stereocenters. The van der Waals surface area contributed by atoms with E-state index in [4.69, 9.17) is 4.42 Å². The van der Waals surface area contributed by atoms with Gasteiger partial charge in [0.25, 0.3) is 0 Å². The fourth-order valence-corrected chi connectivity index (χ4v) is 4.77. The van der Waals surface area contributed by atoms with Crippen molar-refractivity contribution in [3.63, 3.8) is 0 Å². The van der Waals surface area contributed by atoms with E-state index >= 15 is 0 Å². The van der Waals surface area contributed by atoms with Crippen LogP contribution >= 0.6 is 23.1 Å². The Morgan fingerprint density at radius 1 is 1.18 bits per heavy atom. The minimum atomic E-state index is -0.476. The Hall–Kier alpha value is -2.64. The molecule has 0 N–H and O–H groups in total. The molecule has 0 fully saturated rings. The Morgan fingerprint density at radius 3 is 2.82 bits per heavy atom. The van der Waals surface area contributed by atoms with Crippen molar-refractivity contribution in [2.45, 2.75) is 24.6 Å². The number of thioether (sulfide) groups is 1. The number of thiophene rings is 1. The van der Waals surface area contributed by atoms with E-state index in [1.807, 2.05) is 0 Å². The summed E-state index contributed by atoms with van der Waals surface area (Å²) in [6, 6.07) is 9.90. The second-order valence-electron chi connectivity index (χ2n) is 6.35. The number of aromatic nitrogens is 2. The van der Waals surface area contributed by atoms with Crippen LogP contribution in [0.4, 0.5) is 0 Å².